The van der Waals surface area contributed by atoms with Crippen LogP contribution in [0.25, 0.3) is 0 Å². The standard InChI is InChI=1S/C26H32N2O5/c29-13-5-4-9-22(31)27-12-11-21-20-15-19(8-6-14-30)33-24(20)25-26(21,17-27)16-18-7-2-1-3-10-23(32)28(18)25/h2,7,13-15,18,21,25H,1,3-6,8-12,16-17H2/b7-2-/t18-,21-,25-,26-/m1/s1. The van der Waals surface area contributed by atoms with Crippen molar-refractivity contribution in [3.8, 4) is 0 Å². The second kappa shape index (κ2) is 8.92. The van der Waals surface area contributed by atoms with Crippen LogP contribution in [0.15, 0.2) is 22.6 Å². The lowest BCUT2D eigenvalue weighted by atomic mass is 9.68. The van der Waals surface area contributed by atoms with Crippen LogP contribution in [0.5, 0.6) is 0 Å². The van der Waals surface area contributed by atoms with Gasteiger partial charge in [0, 0.05) is 50.6 Å². The summed E-state index contributed by atoms with van der Waals surface area (Å²) in [4.78, 5) is 51.9. The molecule has 2 saturated heterocycles. The monoisotopic (exact) mass is 452 g/mol. The number of likely N-dealkylation sites (tertiary alicyclic amines) is 1. The van der Waals surface area contributed by atoms with E-state index in [4.69, 9.17) is 4.42 Å². The van der Waals surface area contributed by atoms with Crippen LogP contribution in [0.4, 0.5) is 0 Å². The van der Waals surface area contributed by atoms with Crippen LogP contribution in [0.1, 0.15) is 86.8 Å². The Hall–Kier alpha value is -2.70. The van der Waals surface area contributed by atoms with E-state index in [2.05, 4.69) is 18.2 Å². The van der Waals surface area contributed by atoms with Gasteiger partial charge in [0.1, 0.15) is 24.1 Å². The van der Waals surface area contributed by atoms with Crippen molar-refractivity contribution in [2.45, 2.75) is 82.2 Å². The second-order valence-corrected chi connectivity index (χ2v) is 9.98. The summed E-state index contributed by atoms with van der Waals surface area (Å²) in [5.74, 6) is 2.19. The first-order valence-corrected chi connectivity index (χ1v) is 12.3. The average molecular weight is 453 g/mol. The molecule has 33 heavy (non-hydrogen) atoms. The number of nitrogens with zero attached hydrogens (tertiary/aromatic N) is 2. The van der Waals surface area contributed by atoms with E-state index < -0.39 is 0 Å². The summed E-state index contributed by atoms with van der Waals surface area (Å²) in [6, 6.07) is 1.95. The molecule has 4 aliphatic rings. The maximum atomic E-state index is 13.3. The highest BCUT2D eigenvalue weighted by Gasteiger charge is 2.65. The van der Waals surface area contributed by atoms with Crippen molar-refractivity contribution >= 4 is 24.4 Å². The van der Waals surface area contributed by atoms with Crippen molar-refractivity contribution in [2.24, 2.45) is 5.41 Å². The number of aldehydes is 2. The molecule has 176 valence electrons. The molecule has 3 aliphatic heterocycles. The predicted molar refractivity (Wildman–Crippen MR) is 120 cm³/mol. The molecule has 2 amide bonds. The Morgan fingerprint density at radius 1 is 1.24 bits per heavy atom. The van der Waals surface area contributed by atoms with E-state index in [1.807, 2.05) is 9.80 Å². The quantitative estimate of drug-likeness (QED) is 0.359. The van der Waals surface area contributed by atoms with Gasteiger partial charge in [-0.2, -0.15) is 0 Å². The Balaban J connectivity index is 1.51. The number of rotatable bonds is 7. The molecule has 1 aromatic rings. The summed E-state index contributed by atoms with van der Waals surface area (Å²) >= 11 is 0. The topological polar surface area (TPSA) is 87.9 Å². The highest BCUT2D eigenvalue weighted by molar-refractivity contribution is 5.79. The lowest BCUT2D eigenvalue weighted by molar-refractivity contribution is -0.138. The fraction of sp³-hybridized carbons (Fsp3) is 0.615. The summed E-state index contributed by atoms with van der Waals surface area (Å²) in [6.07, 6.45) is 12.5. The summed E-state index contributed by atoms with van der Waals surface area (Å²) < 4.78 is 6.35. The summed E-state index contributed by atoms with van der Waals surface area (Å²) in [5.41, 5.74) is 0.927. The fourth-order valence-electron chi connectivity index (χ4n) is 6.76. The first-order valence-electron chi connectivity index (χ1n) is 12.3. The Kier molecular flexibility index (Phi) is 5.97. The first kappa shape index (κ1) is 22.1. The summed E-state index contributed by atoms with van der Waals surface area (Å²) in [5, 5.41) is 0. The number of carbonyl (C=O) groups excluding carboxylic acids is 4. The van der Waals surface area contributed by atoms with E-state index in [1.54, 1.807) is 0 Å². The lowest BCUT2D eigenvalue weighted by Gasteiger charge is -2.45. The van der Waals surface area contributed by atoms with Crippen LogP contribution in [-0.4, -0.2) is 53.3 Å². The predicted octanol–water partition coefficient (Wildman–Crippen LogP) is 3.48. The minimum absolute atomic E-state index is 0.0205. The molecule has 0 unspecified atom stereocenters. The van der Waals surface area contributed by atoms with E-state index in [9.17, 15) is 19.2 Å². The Morgan fingerprint density at radius 2 is 2.09 bits per heavy atom. The van der Waals surface area contributed by atoms with Gasteiger partial charge >= 0.3 is 0 Å². The molecular weight excluding hydrogens is 420 g/mol. The molecule has 5 rings (SSSR count). The molecule has 0 aromatic carbocycles. The van der Waals surface area contributed by atoms with Gasteiger partial charge in [-0.05, 0) is 49.7 Å². The van der Waals surface area contributed by atoms with Gasteiger partial charge in [0.2, 0.25) is 11.8 Å². The smallest absolute Gasteiger partial charge is 0.223 e. The molecule has 7 heteroatoms. The lowest BCUT2D eigenvalue weighted by Crippen LogP contribution is -2.50. The summed E-state index contributed by atoms with van der Waals surface area (Å²) in [6.45, 7) is 1.30. The third kappa shape index (κ3) is 3.65. The molecule has 0 bridgehead atoms. The number of fused-ring (bicyclic) bond motifs is 5. The molecule has 0 saturated carbocycles. The number of hydrogen-bond acceptors (Lipinski definition) is 5. The number of hydrogen-bond donors (Lipinski definition) is 0. The Labute approximate surface area is 194 Å². The van der Waals surface area contributed by atoms with Crippen LogP contribution in [0, 0.1) is 5.41 Å². The Morgan fingerprint density at radius 3 is 2.91 bits per heavy atom. The maximum absolute atomic E-state index is 13.3. The number of amides is 2. The van der Waals surface area contributed by atoms with Crippen molar-refractivity contribution in [3.63, 3.8) is 0 Å². The molecule has 1 aromatic heterocycles. The molecule has 4 atom stereocenters. The van der Waals surface area contributed by atoms with Crippen LogP contribution >= 0.6 is 0 Å². The third-order valence-electron chi connectivity index (χ3n) is 8.08. The van der Waals surface area contributed by atoms with Gasteiger partial charge in [0.25, 0.3) is 0 Å². The number of piperidine rings is 1. The zero-order chi connectivity index (χ0) is 23.0. The minimum atomic E-state index is -0.245. The zero-order valence-corrected chi connectivity index (χ0v) is 19.0. The largest absolute Gasteiger partial charge is 0.464 e. The number of furan rings is 1. The van der Waals surface area contributed by atoms with Gasteiger partial charge in [0.05, 0.1) is 12.1 Å². The summed E-state index contributed by atoms with van der Waals surface area (Å²) in [7, 11) is 0. The first-order chi connectivity index (χ1) is 16.1. The van der Waals surface area contributed by atoms with Gasteiger partial charge < -0.3 is 23.8 Å². The number of carbonyl (C=O) groups is 4. The van der Waals surface area contributed by atoms with E-state index in [1.165, 1.54) is 5.56 Å². The normalized spacial score (nSPS) is 31.2. The van der Waals surface area contributed by atoms with Gasteiger partial charge in [-0.3, -0.25) is 9.59 Å². The van der Waals surface area contributed by atoms with Crippen molar-refractivity contribution in [3.05, 3.63) is 35.3 Å². The molecule has 1 spiro atoms. The van der Waals surface area contributed by atoms with E-state index in [0.717, 1.165) is 49.8 Å². The fourth-order valence-corrected chi connectivity index (χ4v) is 6.76. The van der Waals surface area contributed by atoms with E-state index >= 15 is 0 Å². The van der Waals surface area contributed by atoms with Gasteiger partial charge in [-0.1, -0.05) is 12.2 Å². The maximum Gasteiger partial charge on any atom is 0.223 e. The number of aryl methyl sites for hydroxylation is 1. The van der Waals surface area contributed by atoms with Gasteiger partial charge in [-0.15, -0.1) is 0 Å². The highest BCUT2D eigenvalue weighted by atomic mass is 16.3. The van der Waals surface area contributed by atoms with Crippen LogP contribution < -0.4 is 0 Å². The third-order valence-corrected chi connectivity index (χ3v) is 8.08. The van der Waals surface area contributed by atoms with Crippen LogP contribution in [0.3, 0.4) is 0 Å². The van der Waals surface area contributed by atoms with Crippen LogP contribution in [0.2, 0.25) is 0 Å². The highest BCUT2D eigenvalue weighted by Crippen LogP contribution is 2.67. The van der Waals surface area contributed by atoms with Crippen LogP contribution in [-0.2, 0) is 25.6 Å². The SMILES string of the molecule is O=CCCCC(=O)N1CC[C@@H]2c3cc(CCC=O)oc3[C@H]3N4C(=O)CCC/C=C\[C@@H]4C[C@@]23C1. The number of unbranched alkanes of at least 4 members (excludes halogenated alkanes) is 1. The van der Waals surface area contributed by atoms with E-state index in [-0.39, 0.29) is 35.2 Å². The molecule has 0 radical (unpaired) electrons. The van der Waals surface area contributed by atoms with Crippen molar-refractivity contribution < 1.29 is 23.6 Å². The van der Waals surface area contributed by atoms with Gasteiger partial charge in [0.15, 0.2) is 0 Å². The molecule has 1 aliphatic carbocycles. The van der Waals surface area contributed by atoms with Crippen molar-refractivity contribution in [1.29, 1.82) is 0 Å². The van der Waals surface area contributed by atoms with E-state index in [0.29, 0.717) is 51.6 Å². The average Bonchev–Trinajstić information content (AvgIpc) is 3.41. The molecule has 2 fully saturated rings. The number of allylic oxidation sites excluding steroid dienone is 1. The molecule has 4 heterocycles. The molecule has 7 nitrogen and oxygen atoms in total. The second-order valence-electron chi connectivity index (χ2n) is 9.98. The zero-order valence-electron chi connectivity index (χ0n) is 19.0. The Bertz CT molecular complexity index is 981. The van der Waals surface area contributed by atoms with Crippen molar-refractivity contribution in [2.75, 3.05) is 13.1 Å². The molecule has 0 N–H and O–H groups in total. The molecular formula is C26H32N2O5. The minimum Gasteiger partial charge on any atom is -0.464 e. The van der Waals surface area contributed by atoms with Crippen molar-refractivity contribution in [1.82, 2.24) is 9.80 Å². The van der Waals surface area contributed by atoms with Gasteiger partial charge in [-0.25, -0.2) is 0 Å².